The van der Waals surface area contributed by atoms with Gasteiger partial charge < -0.3 is 10.1 Å². The summed E-state index contributed by atoms with van der Waals surface area (Å²) in [5, 5.41) is 3.88. The fraction of sp³-hybridized carbons (Fsp3) is 0.533. The standard InChI is InChI=1S/C15H22BrNO2/c1-11(2)19-13-7-8-14(12(3)10-13)17-15(18)6-4-5-9-16/h7-8,10-11H,4-6,9H2,1-3H3,(H,17,18). The molecule has 0 atom stereocenters. The van der Waals surface area contributed by atoms with E-state index in [-0.39, 0.29) is 12.0 Å². The number of benzene rings is 1. The van der Waals surface area contributed by atoms with Crippen molar-refractivity contribution in [2.45, 2.75) is 46.1 Å². The smallest absolute Gasteiger partial charge is 0.224 e. The zero-order valence-corrected chi connectivity index (χ0v) is 13.4. The third kappa shape index (κ3) is 6.10. The Morgan fingerprint density at radius 3 is 2.68 bits per heavy atom. The summed E-state index contributed by atoms with van der Waals surface area (Å²) < 4.78 is 5.62. The molecule has 0 saturated carbocycles. The number of carbonyl (C=O) groups excluding carboxylic acids is 1. The second-order valence-corrected chi connectivity index (χ2v) is 5.63. The van der Waals surface area contributed by atoms with Crippen molar-refractivity contribution in [3.8, 4) is 5.75 Å². The lowest BCUT2D eigenvalue weighted by atomic mass is 10.1. The molecule has 4 heteroatoms. The minimum Gasteiger partial charge on any atom is -0.491 e. The van der Waals surface area contributed by atoms with E-state index in [0.717, 1.165) is 35.2 Å². The van der Waals surface area contributed by atoms with Gasteiger partial charge in [-0.05, 0) is 57.4 Å². The molecular formula is C15H22BrNO2. The predicted molar refractivity (Wildman–Crippen MR) is 83.2 cm³/mol. The van der Waals surface area contributed by atoms with Crippen LogP contribution in [0.2, 0.25) is 0 Å². The third-order valence-electron chi connectivity index (χ3n) is 2.63. The molecule has 0 heterocycles. The molecule has 0 radical (unpaired) electrons. The van der Waals surface area contributed by atoms with Crippen molar-refractivity contribution in [1.82, 2.24) is 0 Å². The Kier molecular flexibility index (Phi) is 6.92. The van der Waals surface area contributed by atoms with Gasteiger partial charge in [-0.15, -0.1) is 0 Å². The highest BCUT2D eigenvalue weighted by Gasteiger charge is 2.06. The zero-order valence-electron chi connectivity index (χ0n) is 11.8. The second-order valence-electron chi connectivity index (χ2n) is 4.84. The van der Waals surface area contributed by atoms with Crippen LogP contribution in [0.4, 0.5) is 5.69 Å². The molecule has 0 unspecified atom stereocenters. The Morgan fingerprint density at radius 1 is 1.37 bits per heavy atom. The van der Waals surface area contributed by atoms with E-state index in [1.165, 1.54) is 0 Å². The largest absolute Gasteiger partial charge is 0.491 e. The molecular weight excluding hydrogens is 306 g/mol. The van der Waals surface area contributed by atoms with Crippen molar-refractivity contribution in [3.05, 3.63) is 23.8 Å². The summed E-state index contributed by atoms with van der Waals surface area (Å²) in [5.74, 6) is 0.909. The van der Waals surface area contributed by atoms with E-state index < -0.39 is 0 Å². The lowest BCUT2D eigenvalue weighted by Crippen LogP contribution is -2.12. The summed E-state index contributed by atoms with van der Waals surface area (Å²) in [4.78, 5) is 11.7. The fourth-order valence-corrected chi connectivity index (χ4v) is 2.11. The van der Waals surface area contributed by atoms with Crippen LogP contribution >= 0.6 is 15.9 Å². The number of alkyl halides is 1. The van der Waals surface area contributed by atoms with Crippen LogP contribution in [-0.4, -0.2) is 17.3 Å². The Labute approximate surface area is 123 Å². The van der Waals surface area contributed by atoms with E-state index in [0.29, 0.717) is 6.42 Å². The van der Waals surface area contributed by atoms with Gasteiger partial charge in [-0.25, -0.2) is 0 Å². The lowest BCUT2D eigenvalue weighted by Gasteiger charge is -2.13. The molecule has 1 rings (SSSR count). The van der Waals surface area contributed by atoms with Crippen LogP contribution in [0.3, 0.4) is 0 Å². The molecule has 0 fully saturated rings. The van der Waals surface area contributed by atoms with Crippen LogP contribution in [0, 0.1) is 6.92 Å². The summed E-state index contributed by atoms with van der Waals surface area (Å²) in [6.07, 6.45) is 2.65. The Morgan fingerprint density at radius 2 is 2.11 bits per heavy atom. The molecule has 0 spiro atoms. The average molecular weight is 328 g/mol. The topological polar surface area (TPSA) is 38.3 Å². The minimum atomic E-state index is 0.0709. The maximum Gasteiger partial charge on any atom is 0.224 e. The summed E-state index contributed by atoms with van der Waals surface area (Å²) in [6, 6.07) is 5.74. The number of unbranched alkanes of at least 4 members (excludes halogenated alkanes) is 1. The SMILES string of the molecule is Cc1cc(OC(C)C)ccc1NC(=O)CCCCBr. The van der Waals surface area contributed by atoms with Crippen molar-refractivity contribution < 1.29 is 9.53 Å². The Balaban J connectivity index is 2.57. The number of halogens is 1. The summed E-state index contributed by atoms with van der Waals surface area (Å²) in [6.45, 7) is 5.96. The van der Waals surface area contributed by atoms with Gasteiger partial charge in [-0.1, -0.05) is 15.9 Å². The second kappa shape index (κ2) is 8.20. The highest BCUT2D eigenvalue weighted by molar-refractivity contribution is 9.09. The van der Waals surface area contributed by atoms with E-state index in [9.17, 15) is 4.79 Å². The molecule has 0 aliphatic carbocycles. The van der Waals surface area contributed by atoms with E-state index >= 15 is 0 Å². The number of amides is 1. The molecule has 1 aromatic rings. The van der Waals surface area contributed by atoms with Crippen molar-refractivity contribution in [2.24, 2.45) is 0 Å². The minimum absolute atomic E-state index is 0.0709. The number of ether oxygens (including phenoxy) is 1. The van der Waals surface area contributed by atoms with Gasteiger partial charge in [0, 0.05) is 17.4 Å². The molecule has 106 valence electrons. The van der Waals surface area contributed by atoms with E-state index in [2.05, 4.69) is 21.2 Å². The van der Waals surface area contributed by atoms with Crippen LogP contribution in [0.5, 0.6) is 5.75 Å². The Bertz CT molecular complexity index is 419. The normalized spacial score (nSPS) is 10.6. The summed E-state index contributed by atoms with van der Waals surface area (Å²) in [5.41, 5.74) is 1.88. The van der Waals surface area contributed by atoms with Gasteiger partial charge in [0.1, 0.15) is 5.75 Å². The van der Waals surface area contributed by atoms with Crippen LogP contribution in [0.25, 0.3) is 0 Å². The van der Waals surface area contributed by atoms with E-state index in [1.807, 2.05) is 39.0 Å². The van der Waals surface area contributed by atoms with Gasteiger partial charge in [-0.3, -0.25) is 4.79 Å². The fourth-order valence-electron chi connectivity index (χ4n) is 1.71. The number of hydrogen-bond acceptors (Lipinski definition) is 2. The van der Waals surface area contributed by atoms with Crippen molar-refractivity contribution in [3.63, 3.8) is 0 Å². The highest BCUT2D eigenvalue weighted by Crippen LogP contribution is 2.22. The molecule has 0 bridgehead atoms. The van der Waals surface area contributed by atoms with Crippen molar-refractivity contribution in [2.75, 3.05) is 10.6 Å². The molecule has 19 heavy (non-hydrogen) atoms. The van der Waals surface area contributed by atoms with E-state index in [4.69, 9.17) is 4.74 Å². The van der Waals surface area contributed by atoms with Crippen molar-refractivity contribution in [1.29, 1.82) is 0 Å². The lowest BCUT2D eigenvalue weighted by molar-refractivity contribution is -0.116. The first kappa shape index (κ1) is 16.0. The van der Waals surface area contributed by atoms with Crippen LogP contribution in [0.15, 0.2) is 18.2 Å². The maximum atomic E-state index is 11.7. The number of anilines is 1. The van der Waals surface area contributed by atoms with Crippen LogP contribution < -0.4 is 10.1 Å². The van der Waals surface area contributed by atoms with Gasteiger partial charge in [0.2, 0.25) is 5.91 Å². The number of hydrogen-bond donors (Lipinski definition) is 1. The first-order valence-electron chi connectivity index (χ1n) is 6.66. The molecule has 1 aromatic carbocycles. The third-order valence-corrected chi connectivity index (χ3v) is 3.19. The van der Waals surface area contributed by atoms with Gasteiger partial charge in [-0.2, -0.15) is 0 Å². The molecule has 3 nitrogen and oxygen atoms in total. The van der Waals surface area contributed by atoms with Crippen LogP contribution in [-0.2, 0) is 4.79 Å². The van der Waals surface area contributed by atoms with Crippen molar-refractivity contribution >= 4 is 27.5 Å². The first-order chi connectivity index (χ1) is 9.02. The van der Waals surface area contributed by atoms with E-state index in [1.54, 1.807) is 0 Å². The quantitative estimate of drug-likeness (QED) is 0.599. The summed E-state index contributed by atoms with van der Waals surface area (Å²) in [7, 11) is 0. The Hall–Kier alpha value is -1.03. The molecule has 1 N–H and O–H groups in total. The van der Waals surface area contributed by atoms with Crippen LogP contribution in [0.1, 0.15) is 38.7 Å². The maximum absolute atomic E-state index is 11.7. The van der Waals surface area contributed by atoms with Gasteiger partial charge >= 0.3 is 0 Å². The monoisotopic (exact) mass is 327 g/mol. The molecule has 0 aromatic heterocycles. The zero-order chi connectivity index (χ0) is 14.3. The summed E-state index contributed by atoms with van der Waals surface area (Å²) >= 11 is 3.36. The average Bonchev–Trinajstić information content (AvgIpc) is 2.32. The highest BCUT2D eigenvalue weighted by atomic mass is 79.9. The molecule has 0 aliphatic heterocycles. The van der Waals surface area contributed by atoms with Gasteiger partial charge in [0.25, 0.3) is 0 Å². The number of carbonyl (C=O) groups is 1. The molecule has 0 aliphatic rings. The number of aryl methyl sites for hydroxylation is 1. The van der Waals surface area contributed by atoms with Gasteiger partial charge in [0.05, 0.1) is 6.10 Å². The predicted octanol–water partition coefficient (Wildman–Crippen LogP) is 4.29. The molecule has 1 amide bonds. The van der Waals surface area contributed by atoms with Gasteiger partial charge in [0.15, 0.2) is 0 Å². The number of rotatable bonds is 7. The first-order valence-corrected chi connectivity index (χ1v) is 7.78. The molecule has 0 saturated heterocycles. The number of nitrogens with one attached hydrogen (secondary N) is 1.